The van der Waals surface area contributed by atoms with Crippen molar-refractivity contribution in [2.45, 2.75) is 51.1 Å². The van der Waals surface area contributed by atoms with Crippen LogP contribution >= 0.6 is 0 Å². The molecule has 0 radical (unpaired) electrons. The first-order valence-electron chi connectivity index (χ1n) is 7.75. The third kappa shape index (κ3) is 4.46. The molecule has 0 aliphatic carbocycles. The lowest BCUT2D eigenvalue weighted by Gasteiger charge is -2.29. The van der Waals surface area contributed by atoms with E-state index in [0.717, 1.165) is 30.7 Å². The van der Waals surface area contributed by atoms with Crippen LogP contribution in [0.2, 0.25) is 0 Å². The van der Waals surface area contributed by atoms with Gasteiger partial charge in [-0.1, -0.05) is 25.1 Å². The number of carbonyl (C=O) groups excluding carboxylic acids is 1. The van der Waals surface area contributed by atoms with E-state index in [0.29, 0.717) is 18.5 Å². The Morgan fingerprint density at radius 3 is 2.95 bits per heavy atom. The molecule has 4 heteroatoms. The zero-order chi connectivity index (χ0) is 15.2. The predicted molar refractivity (Wildman–Crippen MR) is 84.7 cm³/mol. The number of para-hydroxylation sites is 1. The van der Waals surface area contributed by atoms with E-state index in [9.17, 15) is 4.79 Å². The van der Waals surface area contributed by atoms with Crippen molar-refractivity contribution in [3.8, 4) is 5.75 Å². The van der Waals surface area contributed by atoms with Crippen molar-refractivity contribution >= 4 is 5.91 Å². The van der Waals surface area contributed by atoms with Gasteiger partial charge in [0.25, 0.3) is 0 Å². The largest absolute Gasteiger partial charge is 0.496 e. The lowest BCUT2D eigenvalue weighted by Crippen LogP contribution is -2.46. The molecule has 2 rings (SSSR count). The maximum absolute atomic E-state index is 12.2. The molecule has 0 saturated carbocycles. The van der Waals surface area contributed by atoms with Crippen LogP contribution in [-0.4, -0.2) is 31.6 Å². The summed E-state index contributed by atoms with van der Waals surface area (Å²) in [6, 6.07) is 8.70. The van der Waals surface area contributed by atoms with Gasteiger partial charge in [0, 0.05) is 18.5 Å². The Morgan fingerprint density at radius 1 is 1.48 bits per heavy atom. The van der Waals surface area contributed by atoms with Crippen LogP contribution in [0, 0.1) is 0 Å². The molecule has 3 unspecified atom stereocenters. The molecular weight excluding hydrogens is 264 g/mol. The van der Waals surface area contributed by atoms with Gasteiger partial charge in [0.15, 0.2) is 0 Å². The lowest BCUT2D eigenvalue weighted by atomic mass is 9.95. The number of carbonyl (C=O) groups is 1. The van der Waals surface area contributed by atoms with Gasteiger partial charge >= 0.3 is 0 Å². The first-order chi connectivity index (χ1) is 10.1. The fourth-order valence-corrected chi connectivity index (χ4v) is 3.01. The van der Waals surface area contributed by atoms with Crippen LogP contribution in [-0.2, 0) is 4.79 Å². The number of ether oxygens (including phenoxy) is 1. The summed E-state index contributed by atoms with van der Waals surface area (Å²) < 4.78 is 5.37. The summed E-state index contributed by atoms with van der Waals surface area (Å²) in [5.74, 6) is 1.14. The summed E-state index contributed by atoms with van der Waals surface area (Å²) in [5, 5.41) is 6.57. The Bertz CT molecular complexity index is 476. The van der Waals surface area contributed by atoms with Crippen molar-refractivity contribution < 1.29 is 9.53 Å². The van der Waals surface area contributed by atoms with Crippen LogP contribution in [0.25, 0.3) is 0 Å². The normalized spacial score (nSPS) is 23.4. The highest BCUT2D eigenvalue weighted by Crippen LogP contribution is 2.28. The zero-order valence-electron chi connectivity index (χ0n) is 13.2. The second kappa shape index (κ2) is 7.46. The second-order valence-electron chi connectivity index (χ2n) is 5.99. The molecular formula is C17H26N2O2. The Balaban J connectivity index is 1.89. The van der Waals surface area contributed by atoms with E-state index in [1.165, 1.54) is 0 Å². The van der Waals surface area contributed by atoms with E-state index in [1.54, 1.807) is 7.11 Å². The Labute approximate surface area is 127 Å². The second-order valence-corrected chi connectivity index (χ2v) is 5.99. The number of nitrogens with one attached hydrogen (secondary N) is 2. The monoisotopic (exact) mass is 290 g/mol. The minimum absolute atomic E-state index is 0.132. The number of rotatable bonds is 5. The van der Waals surface area contributed by atoms with Gasteiger partial charge in [0.1, 0.15) is 5.75 Å². The van der Waals surface area contributed by atoms with Gasteiger partial charge in [-0.2, -0.15) is 0 Å². The molecule has 3 atom stereocenters. The zero-order valence-corrected chi connectivity index (χ0v) is 13.2. The summed E-state index contributed by atoms with van der Waals surface area (Å²) in [6.07, 6.45) is 2.52. The van der Waals surface area contributed by atoms with Crippen LogP contribution in [0.15, 0.2) is 24.3 Å². The van der Waals surface area contributed by atoms with Crippen LogP contribution in [0.5, 0.6) is 5.75 Å². The minimum Gasteiger partial charge on any atom is -0.496 e. The topological polar surface area (TPSA) is 50.4 Å². The molecule has 1 aliphatic rings. The first-order valence-corrected chi connectivity index (χ1v) is 7.75. The molecule has 0 spiro atoms. The Morgan fingerprint density at radius 2 is 2.24 bits per heavy atom. The summed E-state index contributed by atoms with van der Waals surface area (Å²) >= 11 is 0. The van der Waals surface area contributed by atoms with Crippen molar-refractivity contribution in [1.29, 1.82) is 0 Å². The molecule has 4 nitrogen and oxygen atoms in total. The van der Waals surface area contributed by atoms with E-state index in [2.05, 4.69) is 24.5 Å². The molecule has 1 aliphatic heterocycles. The maximum atomic E-state index is 12.2. The van der Waals surface area contributed by atoms with Gasteiger partial charge in [-0.05, 0) is 43.9 Å². The van der Waals surface area contributed by atoms with Crippen LogP contribution in [0.3, 0.4) is 0 Å². The smallest absolute Gasteiger partial charge is 0.220 e. The highest BCUT2D eigenvalue weighted by Gasteiger charge is 2.21. The van der Waals surface area contributed by atoms with Crippen molar-refractivity contribution in [3.05, 3.63) is 29.8 Å². The van der Waals surface area contributed by atoms with E-state index < -0.39 is 0 Å². The fourth-order valence-electron chi connectivity index (χ4n) is 3.01. The van der Waals surface area contributed by atoms with Crippen molar-refractivity contribution in [2.24, 2.45) is 0 Å². The molecule has 21 heavy (non-hydrogen) atoms. The van der Waals surface area contributed by atoms with E-state index in [-0.39, 0.29) is 11.8 Å². The highest BCUT2D eigenvalue weighted by atomic mass is 16.5. The molecule has 0 bridgehead atoms. The van der Waals surface area contributed by atoms with Gasteiger partial charge in [-0.25, -0.2) is 0 Å². The van der Waals surface area contributed by atoms with Gasteiger partial charge < -0.3 is 15.4 Å². The minimum atomic E-state index is 0.132. The molecule has 116 valence electrons. The van der Waals surface area contributed by atoms with Crippen molar-refractivity contribution in [1.82, 2.24) is 10.6 Å². The standard InChI is InChI=1S/C17H26N2O2/c1-12(15-6-4-5-7-16(15)21-3)10-17(20)19-14-8-9-18-13(2)11-14/h4-7,12-14,18H,8-11H2,1-3H3,(H,19,20). The van der Waals surface area contributed by atoms with Crippen LogP contribution in [0.4, 0.5) is 0 Å². The molecule has 2 N–H and O–H groups in total. The molecule has 1 saturated heterocycles. The van der Waals surface area contributed by atoms with Gasteiger partial charge in [-0.3, -0.25) is 4.79 Å². The average Bonchev–Trinajstić information content (AvgIpc) is 2.47. The number of hydrogen-bond donors (Lipinski definition) is 2. The molecule has 0 aromatic heterocycles. The first kappa shape index (κ1) is 15.8. The van der Waals surface area contributed by atoms with E-state index >= 15 is 0 Å². The summed E-state index contributed by atoms with van der Waals surface area (Å²) in [7, 11) is 1.67. The number of methoxy groups -OCH3 is 1. The lowest BCUT2D eigenvalue weighted by molar-refractivity contribution is -0.122. The number of benzene rings is 1. The Kier molecular flexibility index (Phi) is 5.62. The number of piperidine rings is 1. The third-order valence-corrected chi connectivity index (χ3v) is 4.15. The quantitative estimate of drug-likeness (QED) is 0.876. The van der Waals surface area contributed by atoms with Crippen LogP contribution in [0.1, 0.15) is 44.6 Å². The van der Waals surface area contributed by atoms with E-state index in [4.69, 9.17) is 4.74 Å². The van der Waals surface area contributed by atoms with Crippen molar-refractivity contribution in [2.75, 3.05) is 13.7 Å². The number of hydrogen-bond acceptors (Lipinski definition) is 3. The van der Waals surface area contributed by atoms with Crippen LogP contribution < -0.4 is 15.4 Å². The summed E-state index contributed by atoms with van der Waals surface area (Å²) in [5.41, 5.74) is 1.09. The molecule has 1 amide bonds. The maximum Gasteiger partial charge on any atom is 0.220 e. The fraction of sp³-hybridized carbons (Fsp3) is 0.588. The molecule has 1 aromatic rings. The summed E-state index contributed by atoms with van der Waals surface area (Å²) in [6.45, 7) is 5.21. The van der Waals surface area contributed by atoms with Crippen molar-refractivity contribution in [3.63, 3.8) is 0 Å². The predicted octanol–water partition coefficient (Wildman–Crippen LogP) is 2.45. The molecule has 1 heterocycles. The highest BCUT2D eigenvalue weighted by molar-refractivity contribution is 5.77. The van der Waals surface area contributed by atoms with E-state index in [1.807, 2.05) is 24.3 Å². The third-order valence-electron chi connectivity index (χ3n) is 4.15. The SMILES string of the molecule is COc1ccccc1C(C)CC(=O)NC1CCNC(C)C1. The molecule has 1 fully saturated rings. The number of amides is 1. The van der Waals surface area contributed by atoms with Gasteiger partial charge in [0.2, 0.25) is 5.91 Å². The summed E-state index contributed by atoms with van der Waals surface area (Å²) in [4.78, 5) is 12.2. The average molecular weight is 290 g/mol. The van der Waals surface area contributed by atoms with Gasteiger partial charge in [-0.15, -0.1) is 0 Å². The van der Waals surface area contributed by atoms with Gasteiger partial charge in [0.05, 0.1) is 7.11 Å². The Hall–Kier alpha value is -1.55. The molecule has 1 aromatic carbocycles.